The lowest BCUT2D eigenvalue weighted by Gasteiger charge is -2.27. The van der Waals surface area contributed by atoms with Gasteiger partial charge in [0, 0.05) is 29.6 Å². The largest absolute Gasteiger partial charge is 0.374 e. The van der Waals surface area contributed by atoms with E-state index in [4.69, 9.17) is 4.74 Å². The van der Waals surface area contributed by atoms with Crippen LogP contribution in [0, 0.1) is 0 Å². The van der Waals surface area contributed by atoms with Gasteiger partial charge >= 0.3 is 0 Å². The van der Waals surface area contributed by atoms with Crippen molar-refractivity contribution in [1.82, 2.24) is 9.88 Å². The fourth-order valence-corrected chi connectivity index (χ4v) is 3.21. The number of carbonyl (C=O) groups excluding carboxylic acids is 1. The molecule has 1 N–H and O–H groups in total. The van der Waals surface area contributed by atoms with E-state index < -0.39 is 0 Å². The molecule has 2 fully saturated rings. The fourth-order valence-electron chi connectivity index (χ4n) is 3.21. The Bertz CT molecular complexity index is 636. The van der Waals surface area contributed by atoms with E-state index in [0.29, 0.717) is 6.61 Å². The number of morpholine rings is 1. The molecule has 1 aromatic heterocycles. The van der Waals surface area contributed by atoms with Crippen molar-refractivity contribution in [3.8, 4) is 11.3 Å². The van der Waals surface area contributed by atoms with Gasteiger partial charge in [0.15, 0.2) is 0 Å². The Morgan fingerprint density at radius 3 is 2.85 bits per heavy atom. The minimum Gasteiger partial charge on any atom is -0.374 e. The van der Waals surface area contributed by atoms with Crippen LogP contribution in [0.25, 0.3) is 11.3 Å². The van der Waals surface area contributed by atoms with Gasteiger partial charge in [-0.1, -0.05) is 18.2 Å². The van der Waals surface area contributed by atoms with E-state index in [2.05, 4.69) is 4.98 Å². The number of carbonyl (C=O) groups is 1. The number of aromatic amines is 1. The van der Waals surface area contributed by atoms with Crippen molar-refractivity contribution in [1.29, 1.82) is 0 Å². The van der Waals surface area contributed by atoms with Crippen LogP contribution in [0.1, 0.15) is 16.8 Å². The predicted octanol–water partition coefficient (Wildman–Crippen LogP) is 2.29. The van der Waals surface area contributed by atoms with Gasteiger partial charge < -0.3 is 14.6 Å². The van der Waals surface area contributed by atoms with Crippen molar-refractivity contribution >= 4 is 5.91 Å². The Balaban J connectivity index is 1.70. The summed E-state index contributed by atoms with van der Waals surface area (Å²) < 4.78 is 5.57. The molecule has 0 radical (unpaired) electrons. The number of aromatic nitrogens is 1. The SMILES string of the molecule is O=C(c1ccccc1-c1ccc[nH]1)N1CC2CC1CO2. The minimum absolute atomic E-state index is 0.117. The lowest BCUT2D eigenvalue weighted by Crippen LogP contribution is -2.41. The van der Waals surface area contributed by atoms with Crippen LogP contribution in [-0.4, -0.2) is 41.1 Å². The van der Waals surface area contributed by atoms with E-state index >= 15 is 0 Å². The zero-order chi connectivity index (χ0) is 13.5. The number of hydrogen-bond donors (Lipinski definition) is 1. The molecule has 2 unspecified atom stereocenters. The van der Waals surface area contributed by atoms with E-state index in [1.54, 1.807) is 0 Å². The maximum Gasteiger partial charge on any atom is 0.254 e. The van der Waals surface area contributed by atoms with Crippen LogP contribution in [0.5, 0.6) is 0 Å². The van der Waals surface area contributed by atoms with Crippen LogP contribution in [-0.2, 0) is 4.74 Å². The molecule has 2 aliphatic rings. The number of nitrogens with zero attached hydrogens (tertiary/aromatic N) is 1. The highest BCUT2D eigenvalue weighted by molar-refractivity contribution is 6.00. The van der Waals surface area contributed by atoms with Crippen molar-refractivity contribution in [3.05, 3.63) is 48.2 Å². The molecule has 2 atom stereocenters. The molecule has 0 spiro atoms. The number of likely N-dealkylation sites (tertiary alicyclic amines) is 1. The van der Waals surface area contributed by atoms with Crippen LogP contribution in [0.15, 0.2) is 42.6 Å². The normalized spacial score (nSPS) is 24.3. The first-order chi connectivity index (χ1) is 9.83. The van der Waals surface area contributed by atoms with Gasteiger partial charge in [0.25, 0.3) is 5.91 Å². The molecule has 2 bridgehead atoms. The van der Waals surface area contributed by atoms with Crippen LogP contribution < -0.4 is 0 Å². The molecule has 102 valence electrons. The predicted molar refractivity (Wildman–Crippen MR) is 75.4 cm³/mol. The third kappa shape index (κ3) is 1.76. The summed E-state index contributed by atoms with van der Waals surface area (Å²) in [6, 6.07) is 12.0. The van der Waals surface area contributed by atoms with Gasteiger partial charge in [-0.2, -0.15) is 0 Å². The van der Waals surface area contributed by atoms with Crippen molar-refractivity contribution < 1.29 is 9.53 Å². The first kappa shape index (κ1) is 11.7. The number of rotatable bonds is 2. The molecular weight excluding hydrogens is 252 g/mol. The van der Waals surface area contributed by atoms with Gasteiger partial charge in [-0.05, 0) is 24.6 Å². The summed E-state index contributed by atoms with van der Waals surface area (Å²) >= 11 is 0. The van der Waals surface area contributed by atoms with Gasteiger partial charge in [0.2, 0.25) is 0 Å². The van der Waals surface area contributed by atoms with Crippen LogP contribution >= 0.6 is 0 Å². The number of nitrogens with one attached hydrogen (secondary N) is 1. The molecule has 4 heteroatoms. The summed E-state index contributed by atoms with van der Waals surface area (Å²) in [6.07, 6.45) is 3.10. The van der Waals surface area contributed by atoms with Crippen molar-refractivity contribution in [2.75, 3.05) is 13.2 Å². The number of hydrogen-bond acceptors (Lipinski definition) is 2. The maximum absolute atomic E-state index is 12.8. The topological polar surface area (TPSA) is 45.3 Å². The van der Waals surface area contributed by atoms with Gasteiger partial charge in [0.1, 0.15) is 0 Å². The number of fused-ring (bicyclic) bond motifs is 2. The Morgan fingerprint density at radius 2 is 2.15 bits per heavy atom. The van der Waals surface area contributed by atoms with Gasteiger partial charge in [-0.3, -0.25) is 4.79 Å². The van der Waals surface area contributed by atoms with E-state index in [1.807, 2.05) is 47.5 Å². The molecule has 0 aliphatic carbocycles. The molecule has 1 aromatic carbocycles. The third-order valence-electron chi connectivity index (χ3n) is 4.21. The zero-order valence-corrected chi connectivity index (χ0v) is 11.1. The highest BCUT2D eigenvalue weighted by atomic mass is 16.5. The molecule has 3 heterocycles. The Morgan fingerprint density at radius 1 is 1.25 bits per heavy atom. The summed E-state index contributed by atoms with van der Waals surface area (Å²) in [5, 5.41) is 0. The number of amides is 1. The number of H-pyrrole nitrogens is 1. The second kappa shape index (κ2) is 4.49. The Kier molecular flexibility index (Phi) is 2.63. The molecule has 4 rings (SSSR count). The summed E-state index contributed by atoms with van der Waals surface area (Å²) in [7, 11) is 0. The highest BCUT2D eigenvalue weighted by Gasteiger charge is 2.41. The van der Waals surface area contributed by atoms with Gasteiger partial charge in [-0.25, -0.2) is 0 Å². The Hall–Kier alpha value is -2.07. The smallest absolute Gasteiger partial charge is 0.254 e. The lowest BCUT2D eigenvalue weighted by atomic mass is 10.0. The highest BCUT2D eigenvalue weighted by Crippen LogP contribution is 2.31. The zero-order valence-electron chi connectivity index (χ0n) is 11.1. The Labute approximate surface area is 117 Å². The van der Waals surface area contributed by atoms with E-state index in [9.17, 15) is 4.79 Å². The maximum atomic E-state index is 12.8. The number of ether oxygens (including phenoxy) is 1. The monoisotopic (exact) mass is 268 g/mol. The first-order valence-corrected chi connectivity index (χ1v) is 6.98. The van der Waals surface area contributed by atoms with Gasteiger partial charge in [0.05, 0.1) is 18.8 Å². The number of benzene rings is 1. The molecule has 4 nitrogen and oxygen atoms in total. The van der Waals surface area contributed by atoms with Crippen molar-refractivity contribution in [2.24, 2.45) is 0 Å². The molecular formula is C16H16N2O2. The summed E-state index contributed by atoms with van der Waals surface area (Å²) in [5.74, 6) is 0.117. The van der Waals surface area contributed by atoms with Crippen molar-refractivity contribution in [3.63, 3.8) is 0 Å². The van der Waals surface area contributed by atoms with E-state index in [0.717, 1.165) is 29.8 Å². The summed E-state index contributed by atoms with van der Waals surface area (Å²) in [4.78, 5) is 18.0. The third-order valence-corrected chi connectivity index (χ3v) is 4.21. The second-order valence-electron chi connectivity index (χ2n) is 5.43. The molecule has 2 aromatic rings. The molecule has 2 aliphatic heterocycles. The van der Waals surface area contributed by atoms with Crippen LogP contribution in [0.2, 0.25) is 0 Å². The molecule has 1 amide bonds. The average molecular weight is 268 g/mol. The molecule has 0 saturated carbocycles. The second-order valence-corrected chi connectivity index (χ2v) is 5.43. The lowest BCUT2D eigenvalue weighted by molar-refractivity contribution is 0.0259. The average Bonchev–Trinajstić information content (AvgIpc) is 3.23. The van der Waals surface area contributed by atoms with E-state index in [1.165, 1.54) is 0 Å². The standard InChI is InChI=1S/C16H16N2O2/c19-16(18-9-12-8-11(18)10-20-12)14-5-2-1-4-13(14)15-6-3-7-17-15/h1-7,11-12,17H,8-10H2. The molecule has 2 saturated heterocycles. The van der Waals surface area contributed by atoms with Crippen LogP contribution in [0.3, 0.4) is 0 Å². The van der Waals surface area contributed by atoms with Crippen LogP contribution in [0.4, 0.5) is 0 Å². The first-order valence-electron chi connectivity index (χ1n) is 6.98. The van der Waals surface area contributed by atoms with E-state index in [-0.39, 0.29) is 18.1 Å². The van der Waals surface area contributed by atoms with Crippen molar-refractivity contribution in [2.45, 2.75) is 18.6 Å². The summed E-state index contributed by atoms with van der Waals surface area (Å²) in [5.41, 5.74) is 2.71. The quantitative estimate of drug-likeness (QED) is 0.908. The summed E-state index contributed by atoms with van der Waals surface area (Å²) in [6.45, 7) is 1.41. The van der Waals surface area contributed by atoms with Gasteiger partial charge in [-0.15, -0.1) is 0 Å². The minimum atomic E-state index is 0.117. The molecule has 20 heavy (non-hydrogen) atoms. The fraction of sp³-hybridized carbons (Fsp3) is 0.312.